The molecule has 0 radical (unpaired) electrons. The number of carbonyl (C=O) groups excluding carboxylic acids is 1. The Morgan fingerprint density at radius 1 is 0.816 bits per heavy atom. The van der Waals surface area contributed by atoms with Gasteiger partial charge in [0.1, 0.15) is 5.75 Å². The van der Waals surface area contributed by atoms with Gasteiger partial charge in [-0.15, -0.1) is 0 Å². The van der Waals surface area contributed by atoms with Gasteiger partial charge in [-0.25, -0.2) is 4.79 Å². The Hall–Kier alpha value is -3.21. The summed E-state index contributed by atoms with van der Waals surface area (Å²) in [4.78, 5) is 16.4. The minimum Gasteiger partial charge on any atom is -0.481 e. The second-order valence-corrected chi connectivity index (χ2v) is 12.6. The Kier molecular flexibility index (Phi) is 9.19. The first-order valence-electron chi connectivity index (χ1n) is 12.3. The molecule has 0 spiro atoms. The minimum atomic E-state index is -0.935. The lowest BCUT2D eigenvalue weighted by molar-refractivity contribution is -0.154. The standard InChI is InChI=1S/C33H30IO3S/c1-24-20-30(38(28-14-7-5-8-15-28)29-16-9-6-10-17-29)21-25(2)32(24)36-23-31(35)37-33(3,4)19-18-26-12-11-13-27(34)22-26/h5-17,20-22H,23H2,1-4H3/q+1. The van der Waals surface area contributed by atoms with E-state index in [0.717, 1.165) is 20.3 Å². The van der Waals surface area contributed by atoms with Crippen molar-refractivity contribution in [3.63, 3.8) is 0 Å². The van der Waals surface area contributed by atoms with Crippen LogP contribution in [0.5, 0.6) is 5.75 Å². The molecular formula is C33H30IO3S+. The summed E-state index contributed by atoms with van der Waals surface area (Å²) in [5, 5.41) is 0. The molecule has 38 heavy (non-hydrogen) atoms. The number of hydrogen-bond donors (Lipinski definition) is 0. The van der Waals surface area contributed by atoms with Crippen LogP contribution in [0.3, 0.4) is 0 Å². The number of halogens is 1. The third kappa shape index (κ3) is 7.43. The molecule has 192 valence electrons. The first-order valence-corrected chi connectivity index (χ1v) is 14.6. The highest BCUT2D eigenvalue weighted by Crippen LogP contribution is 2.35. The maximum absolute atomic E-state index is 12.7. The molecule has 0 heterocycles. The predicted octanol–water partition coefficient (Wildman–Crippen LogP) is 7.76. The lowest BCUT2D eigenvalue weighted by Crippen LogP contribution is -2.29. The summed E-state index contributed by atoms with van der Waals surface area (Å²) in [5.74, 6) is 6.40. The number of esters is 1. The first-order chi connectivity index (χ1) is 18.2. The van der Waals surface area contributed by atoms with Crippen molar-refractivity contribution in [3.05, 3.63) is 117 Å². The van der Waals surface area contributed by atoms with Crippen LogP contribution in [0.25, 0.3) is 0 Å². The molecule has 4 rings (SSSR count). The Balaban J connectivity index is 1.49. The Morgan fingerprint density at radius 2 is 1.39 bits per heavy atom. The van der Waals surface area contributed by atoms with E-state index < -0.39 is 11.6 Å². The van der Waals surface area contributed by atoms with Crippen LogP contribution < -0.4 is 4.74 Å². The molecule has 5 heteroatoms. The van der Waals surface area contributed by atoms with Crippen molar-refractivity contribution in [1.29, 1.82) is 0 Å². The van der Waals surface area contributed by atoms with Gasteiger partial charge < -0.3 is 9.47 Å². The zero-order chi connectivity index (χ0) is 27.1. The van der Waals surface area contributed by atoms with Gasteiger partial charge in [-0.3, -0.25) is 0 Å². The second kappa shape index (κ2) is 12.6. The van der Waals surface area contributed by atoms with E-state index in [0.29, 0.717) is 5.75 Å². The van der Waals surface area contributed by atoms with E-state index in [1.807, 2.05) is 50.2 Å². The van der Waals surface area contributed by atoms with E-state index in [1.54, 1.807) is 13.8 Å². The summed E-state index contributed by atoms with van der Waals surface area (Å²) in [7, 11) is -0.252. The van der Waals surface area contributed by atoms with Crippen molar-refractivity contribution in [2.24, 2.45) is 0 Å². The summed E-state index contributed by atoms with van der Waals surface area (Å²) in [6.07, 6.45) is 0. The number of hydrogen-bond acceptors (Lipinski definition) is 3. The van der Waals surface area contributed by atoms with Gasteiger partial charge in [0.25, 0.3) is 0 Å². The first kappa shape index (κ1) is 27.8. The van der Waals surface area contributed by atoms with Crippen molar-refractivity contribution < 1.29 is 14.3 Å². The second-order valence-electron chi connectivity index (χ2n) is 9.35. The highest BCUT2D eigenvalue weighted by Gasteiger charge is 2.30. The van der Waals surface area contributed by atoms with E-state index in [9.17, 15) is 4.79 Å². The molecule has 0 unspecified atom stereocenters. The van der Waals surface area contributed by atoms with Crippen LogP contribution in [0.4, 0.5) is 0 Å². The van der Waals surface area contributed by atoms with Crippen LogP contribution in [-0.2, 0) is 20.4 Å². The molecule has 0 N–H and O–H groups in total. The van der Waals surface area contributed by atoms with Gasteiger partial charge >= 0.3 is 5.97 Å². The topological polar surface area (TPSA) is 35.5 Å². The summed E-state index contributed by atoms with van der Waals surface area (Å²) in [6, 6.07) is 33.3. The number of benzene rings is 4. The highest BCUT2D eigenvalue weighted by atomic mass is 127. The number of carbonyl (C=O) groups is 1. The average Bonchev–Trinajstić information content (AvgIpc) is 2.88. The quantitative estimate of drug-likeness (QED) is 0.0904. The Bertz CT molecular complexity index is 1410. The van der Waals surface area contributed by atoms with Crippen molar-refractivity contribution in [2.75, 3.05) is 6.61 Å². The summed E-state index contributed by atoms with van der Waals surface area (Å²) < 4.78 is 12.7. The van der Waals surface area contributed by atoms with Crippen LogP contribution in [0, 0.1) is 29.3 Å². The third-order valence-corrected chi connectivity index (χ3v) is 8.53. The molecule has 0 aliphatic heterocycles. The number of ether oxygens (including phenoxy) is 2. The summed E-state index contributed by atoms with van der Waals surface area (Å²) in [6.45, 7) is 7.42. The molecule has 0 bridgehead atoms. The predicted molar refractivity (Wildman–Crippen MR) is 163 cm³/mol. The SMILES string of the molecule is Cc1cc([S+](c2ccccc2)c2ccccc2)cc(C)c1OCC(=O)OC(C)(C)C#Cc1cccc(I)c1. The molecule has 0 saturated carbocycles. The molecule has 0 aliphatic rings. The number of aryl methyl sites for hydroxylation is 2. The van der Waals surface area contributed by atoms with Crippen molar-refractivity contribution in [1.82, 2.24) is 0 Å². The fourth-order valence-corrected chi connectivity index (χ4v) is 6.84. The fraction of sp³-hybridized carbons (Fsp3) is 0.182. The molecule has 0 atom stereocenters. The lowest BCUT2D eigenvalue weighted by Gasteiger charge is -2.20. The lowest BCUT2D eigenvalue weighted by atomic mass is 10.1. The fourth-order valence-electron chi connectivity index (χ4n) is 4.04. The molecule has 3 nitrogen and oxygen atoms in total. The smallest absolute Gasteiger partial charge is 0.345 e. The van der Waals surface area contributed by atoms with Crippen molar-refractivity contribution in [3.8, 4) is 17.6 Å². The van der Waals surface area contributed by atoms with Gasteiger partial charge in [0.2, 0.25) is 0 Å². The number of rotatable bonds is 7. The largest absolute Gasteiger partial charge is 0.481 e. The molecule has 4 aromatic rings. The molecule has 0 aliphatic carbocycles. The zero-order valence-electron chi connectivity index (χ0n) is 22.0. The van der Waals surface area contributed by atoms with Crippen LogP contribution in [-0.4, -0.2) is 18.2 Å². The summed E-state index contributed by atoms with van der Waals surface area (Å²) >= 11 is 2.25. The Morgan fingerprint density at radius 3 is 1.95 bits per heavy atom. The minimum absolute atomic E-state index is 0.182. The van der Waals surface area contributed by atoms with E-state index in [1.165, 1.54) is 14.7 Å². The third-order valence-electron chi connectivity index (χ3n) is 5.66. The van der Waals surface area contributed by atoms with E-state index >= 15 is 0 Å². The Labute approximate surface area is 242 Å². The maximum Gasteiger partial charge on any atom is 0.345 e. The van der Waals surface area contributed by atoms with E-state index in [4.69, 9.17) is 9.47 Å². The van der Waals surface area contributed by atoms with Crippen LogP contribution >= 0.6 is 22.6 Å². The van der Waals surface area contributed by atoms with Crippen LogP contribution in [0.15, 0.2) is 112 Å². The molecule has 0 saturated heterocycles. The van der Waals surface area contributed by atoms with E-state index in [-0.39, 0.29) is 17.5 Å². The highest BCUT2D eigenvalue weighted by molar-refractivity contribution is 14.1. The average molecular weight is 634 g/mol. The summed E-state index contributed by atoms with van der Waals surface area (Å²) in [5.41, 5.74) is 1.91. The maximum atomic E-state index is 12.7. The van der Waals surface area contributed by atoms with E-state index in [2.05, 4.69) is 95.1 Å². The molecule has 0 fully saturated rings. The van der Waals surface area contributed by atoms with Crippen molar-refractivity contribution in [2.45, 2.75) is 48.0 Å². The van der Waals surface area contributed by atoms with Gasteiger partial charge in [-0.1, -0.05) is 54.3 Å². The zero-order valence-corrected chi connectivity index (χ0v) is 24.9. The van der Waals surface area contributed by atoms with Gasteiger partial charge in [0.15, 0.2) is 26.9 Å². The monoisotopic (exact) mass is 633 g/mol. The molecular weight excluding hydrogens is 603 g/mol. The van der Waals surface area contributed by atoms with Gasteiger partial charge in [-0.05, 0) is 104 Å². The van der Waals surface area contributed by atoms with Crippen LogP contribution in [0.2, 0.25) is 0 Å². The van der Waals surface area contributed by atoms with Crippen molar-refractivity contribution >= 4 is 39.5 Å². The molecule has 0 amide bonds. The van der Waals surface area contributed by atoms with Gasteiger partial charge in [0.05, 0.1) is 10.9 Å². The van der Waals surface area contributed by atoms with Gasteiger partial charge in [0, 0.05) is 21.3 Å². The molecule has 4 aromatic carbocycles. The van der Waals surface area contributed by atoms with Gasteiger partial charge in [-0.2, -0.15) is 0 Å². The van der Waals surface area contributed by atoms with Crippen LogP contribution in [0.1, 0.15) is 30.5 Å². The molecule has 0 aromatic heterocycles. The normalized spacial score (nSPS) is 11.0.